The number of thioether (sulfide) groups is 1. The summed E-state index contributed by atoms with van der Waals surface area (Å²) >= 11 is 0.932. The van der Waals surface area contributed by atoms with Crippen LogP contribution < -0.4 is 5.32 Å². The van der Waals surface area contributed by atoms with Gasteiger partial charge in [-0.25, -0.2) is 0 Å². The predicted octanol–water partition coefficient (Wildman–Crippen LogP) is 5.15. The lowest BCUT2D eigenvalue weighted by molar-refractivity contribution is -0.464. The number of rotatable bonds is 14. The van der Waals surface area contributed by atoms with Gasteiger partial charge in [-0.3, -0.25) is 4.79 Å². The van der Waals surface area contributed by atoms with Crippen molar-refractivity contribution in [3.8, 4) is 0 Å². The highest BCUT2D eigenvalue weighted by molar-refractivity contribution is 7.98. The van der Waals surface area contributed by atoms with Gasteiger partial charge in [0.05, 0.1) is 0 Å². The quantitative estimate of drug-likeness (QED) is 0.237. The van der Waals surface area contributed by atoms with Gasteiger partial charge in [0.25, 0.3) is 0 Å². The summed E-state index contributed by atoms with van der Waals surface area (Å²) < 4.78 is 224. The normalized spacial score (nSPS) is 17.1. The minimum absolute atomic E-state index is 0.0806. The van der Waals surface area contributed by atoms with E-state index in [1.165, 1.54) is 11.6 Å². The molecule has 0 aromatic rings. The first kappa shape index (κ1) is 35.5. The SMILES string of the molecule is CSCC[C@H](NC[C@H](O)C(F)(F)C(F)(F)C(F)(F)C(F)(F)C(F)(F)C(F)(F)C(F)(F)C(F)(F)F)C(=O)O. The van der Waals surface area contributed by atoms with E-state index in [0.717, 1.165) is 11.8 Å². The van der Waals surface area contributed by atoms with E-state index in [1.54, 1.807) is 0 Å². The first-order valence-corrected chi connectivity index (χ1v) is 10.3. The van der Waals surface area contributed by atoms with Crippen LogP contribution in [0.3, 0.4) is 0 Å². The van der Waals surface area contributed by atoms with Gasteiger partial charge in [-0.1, -0.05) is 0 Å². The van der Waals surface area contributed by atoms with E-state index >= 15 is 0 Å². The standard InChI is InChI=1S/C15H14F17NO3S/c1-37-3-2-5(7(35)36)33-4-6(34)8(16,17)9(18,19)10(20,21)11(22,23)12(24,25)13(26,27)14(28,29)15(30,31)32/h5-6,33-34H,2-4H2,1H3,(H,35,36)/t5-,6-/m0/s1. The van der Waals surface area contributed by atoms with Crippen LogP contribution in [-0.4, -0.2) is 94.5 Å². The Morgan fingerprint density at radius 1 is 0.703 bits per heavy atom. The second-order valence-corrected chi connectivity index (χ2v) is 8.15. The highest BCUT2D eigenvalue weighted by atomic mass is 32.2. The Labute approximate surface area is 198 Å². The Balaban J connectivity index is 6.42. The summed E-state index contributed by atoms with van der Waals surface area (Å²) in [7, 11) is 0. The van der Waals surface area contributed by atoms with Gasteiger partial charge in [0.2, 0.25) is 0 Å². The molecule has 0 aromatic heterocycles. The molecule has 0 radical (unpaired) electrons. The number of hydrogen-bond acceptors (Lipinski definition) is 4. The molecule has 0 aliphatic rings. The zero-order valence-corrected chi connectivity index (χ0v) is 18.2. The molecule has 0 heterocycles. The molecule has 0 fully saturated rings. The molecule has 22 heteroatoms. The smallest absolute Gasteiger partial charge is 0.460 e. The minimum Gasteiger partial charge on any atom is -0.480 e. The highest BCUT2D eigenvalue weighted by Gasteiger charge is 2.95. The topological polar surface area (TPSA) is 69.6 Å². The van der Waals surface area contributed by atoms with Crippen molar-refractivity contribution in [3.05, 3.63) is 0 Å². The summed E-state index contributed by atoms with van der Waals surface area (Å²) in [6, 6.07) is -1.97. The molecular formula is C15H14F17NO3S. The minimum atomic E-state index is -8.77. The summed E-state index contributed by atoms with van der Waals surface area (Å²) in [5, 5.41) is 19.3. The van der Waals surface area contributed by atoms with E-state index in [4.69, 9.17) is 10.2 Å². The lowest BCUT2D eigenvalue weighted by atomic mass is 9.87. The van der Waals surface area contributed by atoms with Crippen LogP contribution in [0.2, 0.25) is 0 Å². The lowest BCUT2D eigenvalue weighted by Crippen LogP contribution is -2.75. The van der Waals surface area contributed by atoms with Crippen LogP contribution in [-0.2, 0) is 4.79 Å². The van der Waals surface area contributed by atoms with E-state index in [1.807, 2.05) is 0 Å². The molecule has 0 rings (SSSR count). The van der Waals surface area contributed by atoms with Crippen LogP contribution in [0, 0.1) is 0 Å². The molecule has 0 saturated heterocycles. The van der Waals surface area contributed by atoms with Crippen LogP contribution in [0.5, 0.6) is 0 Å². The second-order valence-electron chi connectivity index (χ2n) is 7.16. The number of aliphatic hydroxyl groups is 1. The molecule has 0 unspecified atom stereocenters. The number of nitrogens with one attached hydrogen (secondary N) is 1. The molecule has 0 aliphatic heterocycles. The Hall–Kier alpha value is -1.45. The van der Waals surface area contributed by atoms with Crippen LogP contribution in [0.4, 0.5) is 74.6 Å². The molecule has 0 spiro atoms. The van der Waals surface area contributed by atoms with E-state index in [0.29, 0.717) is 0 Å². The molecule has 0 bridgehead atoms. The summed E-state index contributed by atoms with van der Waals surface area (Å²) in [5.41, 5.74) is 0. The highest BCUT2D eigenvalue weighted by Crippen LogP contribution is 2.64. The lowest BCUT2D eigenvalue weighted by Gasteiger charge is -2.43. The summed E-state index contributed by atoms with van der Waals surface area (Å²) in [6.45, 7) is -2.16. The van der Waals surface area contributed by atoms with Crippen LogP contribution in [0.15, 0.2) is 0 Å². The molecule has 4 nitrogen and oxygen atoms in total. The van der Waals surface area contributed by atoms with E-state index in [9.17, 15) is 79.4 Å². The fourth-order valence-electron chi connectivity index (χ4n) is 2.32. The monoisotopic (exact) mass is 611 g/mol. The maximum absolute atomic E-state index is 13.9. The van der Waals surface area contributed by atoms with Crippen molar-refractivity contribution in [1.82, 2.24) is 5.32 Å². The van der Waals surface area contributed by atoms with Gasteiger partial charge in [-0.2, -0.15) is 86.4 Å². The van der Waals surface area contributed by atoms with Crippen molar-refractivity contribution in [2.24, 2.45) is 0 Å². The molecular weight excluding hydrogens is 597 g/mol. The van der Waals surface area contributed by atoms with Crippen LogP contribution in [0.25, 0.3) is 0 Å². The molecule has 2 atom stereocenters. The average Bonchev–Trinajstić information content (AvgIpc) is 2.71. The number of alkyl halides is 17. The first-order chi connectivity index (χ1) is 16.0. The van der Waals surface area contributed by atoms with Crippen molar-refractivity contribution in [3.63, 3.8) is 0 Å². The van der Waals surface area contributed by atoms with Crippen LogP contribution in [0.1, 0.15) is 6.42 Å². The number of hydrogen-bond donors (Lipinski definition) is 3. The third kappa shape index (κ3) is 5.64. The number of halogens is 17. The maximum atomic E-state index is 13.9. The molecule has 0 amide bonds. The fourth-order valence-corrected chi connectivity index (χ4v) is 2.79. The Kier molecular flexibility index (Phi) is 10.2. The van der Waals surface area contributed by atoms with Crippen molar-refractivity contribution < 1.29 is 89.6 Å². The van der Waals surface area contributed by atoms with Gasteiger partial charge >= 0.3 is 53.6 Å². The van der Waals surface area contributed by atoms with Gasteiger partial charge in [0, 0.05) is 6.54 Å². The summed E-state index contributed by atoms with van der Waals surface area (Å²) in [4.78, 5) is 10.9. The summed E-state index contributed by atoms with van der Waals surface area (Å²) in [6.07, 6.45) is -11.3. The largest absolute Gasteiger partial charge is 0.480 e. The average molecular weight is 611 g/mol. The molecule has 0 aliphatic carbocycles. The van der Waals surface area contributed by atoms with Gasteiger partial charge in [0.1, 0.15) is 12.1 Å². The van der Waals surface area contributed by atoms with Gasteiger partial charge in [-0.05, 0) is 18.4 Å². The van der Waals surface area contributed by atoms with Gasteiger partial charge in [-0.15, -0.1) is 0 Å². The third-order valence-corrected chi connectivity index (χ3v) is 5.28. The van der Waals surface area contributed by atoms with Crippen LogP contribution >= 0.6 is 11.8 Å². The zero-order chi connectivity index (χ0) is 30.3. The molecule has 3 N–H and O–H groups in total. The molecule has 222 valence electrons. The molecule has 0 aromatic carbocycles. The van der Waals surface area contributed by atoms with E-state index < -0.39 is 78.7 Å². The number of carboxylic acid groups (broad SMARTS) is 1. The molecule has 0 saturated carbocycles. The van der Waals surface area contributed by atoms with Gasteiger partial charge in [0.15, 0.2) is 0 Å². The first-order valence-electron chi connectivity index (χ1n) is 8.88. The maximum Gasteiger partial charge on any atom is 0.460 e. The Bertz CT molecular complexity index is 801. The summed E-state index contributed by atoms with van der Waals surface area (Å²) in [5.74, 6) is -60.0. The fraction of sp³-hybridized carbons (Fsp3) is 0.933. The number of carboxylic acids is 1. The van der Waals surface area contributed by atoms with E-state index in [2.05, 4.69) is 0 Å². The Morgan fingerprint density at radius 2 is 1.05 bits per heavy atom. The number of aliphatic carboxylic acids is 1. The third-order valence-electron chi connectivity index (χ3n) is 4.63. The number of carbonyl (C=O) groups is 1. The second kappa shape index (κ2) is 10.6. The molecule has 37 heavy (non-hydrogen) atoms. The Morgan fingerprint density at radius 3 is 1.38 bits per heavy atom. The van der Waals surface area contributed by atoms with Gasteiger partial charge < -0.3 is 15.5 Å². The van der Waals surface area contributed by atoms with Crippen molar-refractivity contribution in [2.75, 3.05) is 18.6 Å². The number of aliphatic hydroxyl groups excluding tert-OH is 1. The van der Waals surface area contributed by atoms with Crippen molar-refractivity contribution >= 4 is 17.7 Å². The van der Waals surface area contributed by atoms with Crippen molar-refractivity contribution in [1.29, 1.82) is 0 Å². The van der Waals surface area contributed by atoms with E-state index in [-0.39, 0.29) is 5.75 Å². The predicted molar refractivity (Wildman–Crippen MR) is 89.1 cm³/mol. The van der Waals surface area contributed by atoms with Crippen molar-refractivity contribution in [2.45, 2.75) is 66.2 Å². The zero-order valence-electron chi connectivity index (χ0n) is 17.4.